The quantitative estimate of drug-likeness (QED) is 0.619. The summed E-state index contributed by atoms with van der Waals surface area (Å²) >= 11 is 0. The molecule has 6 nitrogen and oxygen atoms in total. The minimum atomic E-state index is -0.748. The topological polar surface area (TPSA) is 80.9 Å². The summed E-state index contributed by atoms with van der Waals surface area (Å²) < 4.78 is 44.3. The molecule has 0 atom stereocenters. The zero-order chi connectivity index (χ0) is 22.0. The number of rotatable bonds is 6. The fourth-order valence-electron chi connectivity index (χ4n) is 3.78. The molecule has 2 heterocycles. The second-order valence-corrected chi connectivity index (χ2v) is 7.69. The van der Waals surface area contributed by atoms with E-state index in [1.165, 1.54) is 18.2 Å². The van der Waals surface area contributed by atoms with Crippen LogP contribution in [0.2, 0.25) is 0 Å². The molecule has 31 heavy (non-hydrogen) atoms. The lowest BCUT2D eigenvalue weighted by Gasteiger charge is -2.36. The molecule has 1 saturated heterocycles. The largest absolute Gasteiger partial charge is 0.489 e. The summed E-state index contributed by atoms with van der Waals surface area (Å²) in [6.07, 6.45) is 1.01. The number of benzene rings is 2. The lowest BCUT2D eigenvalue weighted by atomic mass is 9.90. The number of halogens is 2. The number of hydrogen-bond acceptors (Lipinski definition) is 5. The molecule has 0 bridgehead atoms. The lowest BCUT2D eigenvalue weighted by Crippen LogP contribution is -2.54. The molecule has 2 N–H and O–H groups in total. The van der Waals surface area contributed by atoms with Crippen LogP contribution < -0.4 is 10.1 Å². The highest BCUT2D eigenvalue weighted by Gasteiger charge is 2.35. The van der Waals surface area contributed by atoms with E-state index >= 15 is 0 Å². The van der Waals surface area contributed by atoms with Crippen LogP contribution in [-0.2, 0) is 11.3 Å². The third-order valence-corrected chi connectivity index (χ3v) is 5.64. The van der Waals surface area contributed by atoms with Crippen molar-refractivity contribution in [3.05, 3.63) is 64.9 Å². The average Bonchev–Trinajstić information content (AvgIpc) is 3.09. The van der Waals surface area contributed by atoms with Crippen molar-refractivity contribution in [1.82, 2.24) is 5.32 Å². The van der Waals surface area contributed by atoms with Crippen LogP contribution in [-0.4, -0.2) is 36.4 Å². The molecule has 2 aromatic carbocycles. The van der Waals surface area contributed by atoms with Crippen LogP contribution in [0, 0.1) is 18.6 Å². The van der Waals surface area contributed by atoms with E-state index in [0.29, 0.717) is 54.1 Å². The summed E-state index contributed by atoms with van der Waals surface area (Å²) in [6, 6.07) is 8.48. The number of ether oxygens (including phenoxy) is 2. The van der Waals surface area contributed by atoms with Gasteiger partial charge in [0.2, 0.25) is 0 Å². The van der Waals surface area contributed by atoms with Gasteiger partial charge in [-0.1, -0.05) is 6.07 Å². The van der Waals surface area contributed by atoms with Crippen LogP contribution in [0.3, 0.4) is 0 Å². The van der Waals surface area contributed by atoms with Gasteiger partial charge in [0.15, 0.2) is 0 Å². The summed E-state index contributed by atoms with van der Waals surface area (Å²) in [4.78, 5) is 13.1. The minimum absolute atomic E-state index is 0.173. The van der Waals surface area contributed by atoms with Gasteiger partial charge in [0.25, 0.3) is 5.91 Å². The molecule has 1 amide bonds. The molecule has 3 aromatic rings. The van der Waals surface area contributed by atoms with E-state index in [2.05, 4.69) is 5.32 Å². The van der Waals surface area contributed by atoms with Gasteiger partial charge in [-0.3, -0.25) is 4.79 Å². The van der Waals surface area contributed by atoms with Gasteiger partial charge in [-0.15, -0.1) is 0 Å². The summed E-state index contributed by atoms with van der Waals surface area (Å²) in [5.41, 5.74) is -0.107. The number of aliphatic hydroxyl groups excluding tert-OH is 1. The lowest BCUT2D eigenvalue weighted by molar-refractivity contribution is 0.0125. The van der Waals surface area contributed by atoms with E-state index < -0.39 is 17.2 Å². The summed E-state index contributed by atoms with van der Waals surface area (Å²) in [7, 11) is 0. The number of amides is 1. The number of furan rings is 1. The van der Waals surface area contributed by atoms with Gasteiger partial charge < -0.3 is 24.3 Å². The minimum Gasteiger partial charge on any atom is -0.489 e. The Bertz CT molecular complexity index is 1080. The highest BCUT2D eigenvalue weighted by Crippen LogP contribution is 2.31. The summed E-state index contributed by atoms with van der Waals surface area (Å²) in [6.45, 7) is 2.10. The van der Waals surface area contributed by atoms with Gasteiger partial charge in [-0.2, -0.15) is 0 Å². The van der Waals surface area contributed by atoms with Crippen LogP contribution in [0.1, 0.15) is 34.5 Å². The second kappa shape index (κ2) is 8.64. The van der Waals surface area contributed by atoms with Crippen molar-refractivity contribution in [2.75, 3.05) is 19.8 Å². The second-order valence-electron chi connectivity index (χ2n) is 7.69. The third kappa shape index (κ3) is 4.26. The Morgan fingerprint density at radius 1 is 1.19 bits per heavy atom. The highest BCUT2D eigenvalue weighted by molar-refractivity contribution is 6.07. The molecular formula is C23H23F2NO5. The van der Waals surface area contributed by atoms with Crippen molar-refractivity contribution in [2.24, 2.45) is 0 Å². The van der Waals surface area contributed by atoms with Crippen molar-refractivity contribution in [3.63, 3.8) is 0 Å². The molecule has 0 radical (unpaired) electrons. The Balaban J connectivity index is 1.59. The molecule has 1 aliphatic heterocycles. The monoisotopic (exact) mass is 431 g/mol. The van der Waals surface area contributed by atoms with Crippen molar-refractivity contribution in [2.45, 2.75) is 31.9 Å². The highest BCUT2D eigenvalue weighted by atomic mass is 19.1. The van der Waals surface area contributed by atoms with Gasteiger partial charge >= 0.3 is 0 Å². The molecule has 0 spiro atoms. The van der Waals surface area contributed by atoms with E-state index in [4.69, 9.17) is 13.9 Å². The molecule has 4 rings (SSSR count). The standard InChI is InChI=1S/C23H23F2NO5/c1-14-21(22(28)26-23(13-27)7-9-29-10-8-23)16-11-15(5-6-20(16)31-14)30-12-17-18(24)3-2-4-19(17)25/h2-6,11,27H,7-10,12-13H2,1H3,(H,26,28). The normalized spacial score (nSPS) is 15.7. The van der Waals surface area contributed by atoms with Gasteiger partial charge in [0, 0.05) is 18.6 Å². The van der Waals surface area contributed by atoms with Gasteiger partial charge in [0.1, 0.15) is 35.3 Å². The van der Waals surface area contributed by atoms with E-state index in [1.807, 2.05) is 0 Å². The predicted octanol–water partition coefficient (Wildman–Crippen LogP) is 3.87. The molecule has 8 heteroatoms. The van der Waals surface area contributed by atoms with Gasteiger partial charge in [0.05, 0.1) is 23.3 Å². The first-order chi connectivity index (χ1) is 14.9. The number of hydrogen-bond donors (Lipinski definition) is 2. The third-order valence-electron chi connectivity index (χ3n) is 5.64. The van der Waals surface area contributed by atoms with Crippen molar-refractivity contribution >= 4 is 16.9 Å². The SMILES string of the molecule is Cc1oc2ccc(OCc3c(F)cccc3F)cc2c1C(=O)NC1(CO)CCOCC1. The Kier molecular flexibility index (Phi) is 5.93. The van der Waals surface area contributed by atoms with Gasteiger partial charge in [-0.25, -0.2) is 8.78 Å². The van der Waals surface area contributed by atoms with Crippen molar-refractivity contribution in [1.29, 1.82) is 0 Å². The van der Waals surface area contributed by atoms with Crippen LogP contribution in [0.15, 0.2) is 40.8 Å². The van der Waals surface area contributed by atoms with Gasteiger partial charge in [-0.05, 0) is 50.1 Å². The predicted molar refractivity (Wildman–Crippen MR) is 109 cm³/mol. The zero-order valence-corrected chi connectivity index (χ0v) is 17.0. The molecule has 0 unspecified atom stereocenters. The summed E-state index contributed by atoms with van der Waals surface area (Å²) in [5.74, 6) is -0.987. The Labute approximate surface area is 177 Å². The molecule has 0 saturated carbocycles. The zero-order valence-electron chi connectivity index (χ0n) is 17.0. The molecule has 1 aliphatic rings. The number of aryl methyl sites for hydroxylation is 1. The number of carbonyl (C=O) groups excluding carboxylic acids is 1. The van der Waals surface area contributed by atoms with Crippen LogP contribution in [0.5, 0.6) is 5.75 Å². The van der Waals surface area contributed by atoms with E-state index in [9.17, 15) is 18.7 Å². The molecule has 164 valence electrons. The van der Waals surface area contributed by atoms with Crippen molar-refractivity contribution < 1.29 is 32.6 Å². The average molecular weight is 431 g/mol. The fourth-order valence-corrected chi connectivity index (χ4v) is 3.78. The molecule has 1 fully saturated rings. The summed E-state index contributed by atoms with van der Waals surface area (Å²) in [5, 5.41) is 13.3. The first-order valence-electron chi connectivity index (χ1n) is 10.0. The Morgan fingerprint density at radius 3 is 2.58 bits per heavy atom. The number of carbonyl (C=O) groups is 1. The Hall–Kier alpha value is -2.97. The maximum absolute atomic E-state index is 13.9. The molecule has 0 aliphatic carbocycles. The first kappa shape index (κ1) is 21.3. The molecule has 1 aromatic heterocycles. The van der Waals surface area contributed by atoms with Crippen LogP contribution >= 0.6 is 0 Å². The van der Waals surface area contributed by atoms with Crippen LogP contribution in [0.4, 0.5) is 8.78 Å². The maximum atomic E-state index is 13.9. The van der Waals surface area contributed by atoms with E-state index in [1.54, 1.807) is 25.1 Å². The van der Waals surface area contributed by atoms with E-state index in [0.717, 1.165) is 0 Å². The number of aliphatic hydroxyl groups is 1. The number of fused-ring (bicyclic) bond motifs is 1. The van der Waals surface area contributed by atoms with Crippen molar-refractivity contribution in [3.8, 4) is 5.75 Å². The smallest absolute Gasteiger partial charge is 0.255 e. The number of nitrogens with one attached hydrogen (secondary N) is 1. The first-order valence-corrected chi connectivity index (χ1v) is 10.0. The Morgan fingerprint density at radius 2 is 1.90 bits per heavy atom. The van der Waals surface area contributed by atoms with E-state index in [-0.39, 0.29) is 24.7 Å². The maximum Gasteiger partial charge on any atom is 0.255 e. The molecular weight excluding hydrogens is 408 g/mol. The van der Waals surface area contributed by atoms with Crippen LogP contribution in [0.25, 0.3) is 11.0 Å². The fraction of sp³-hybridized carbons (Fsp3) is 0.348.